The van der Waals surface area contributed by atoms with Crippen molar-refractivity contribution in [3.63, 3.8) is 0 Å². The minimum atomic E-state index is -1.08. The van der Waals surface area contributed by atoms with Crippen molar-refractivity contribution in [3.05, 3.63) is 28.8 Å². The van der Waals surface area contributed by atoms with Crippen LogP contribution in [-0.2, 0) is 4.79 Å². The molecule has 1 fully saturated rings. The molecule has 0 bridgehead atoms. The molecule has 6 heteroatoms. The van der Waals surface area contributed by atoms with Crippen molar-refractivity contribution < 1.29 is 14.7 Å². The van der Waals surface area contributed by atoms with Crippen molar-refractivity contribution in [3.8, 4) is 0 Å². The molecule has 0 saturated carbocycles. The lowest BCUT2D eigenvalue weighted by molar-refractivity contribution is -0.115. The number of amides is 1. The third-order valence-electron chi connectivity index (χ3n) is 2.94. The van der Waals surface area contributed by atoms with Gasteiger partial charge in [0.2, 0.25) is 5.91 Å². The van der Waals surface area contributed by atoms with E-state index in [0.29, 0.717) is 5.02 Å². The lowest BCUT2D eigenvalue weighted by Gasteiger charge is -2.20. The zero-order valence-electron chi connectivity index (χ0n) is 10.2. The predicted molar refractivity (Wildman–Crippen MR) is 77.1 cm³/mol. The molecular formula is C13H14ClNO3S. The fourth-order valence-corrected chi connectivity index (χ4v) is 3.34. The number of nitrogens with one attached hydrogen (secondary N) is 1. The highest BCUT2D eigenvalue weighted by molar-refractivity contribution is 8.00. The van der Waals surface area contributed by atoms with Gasteiger partial charge in [-0.15, -0.1) is 11.8 Å². The molecule has 1 unspecified atom stereocenters. The lowest BCUT2D eigenvalue weighted by atomic mass is 10.1. The highest BCUT2D eigenvalue weighted by Gasteiger charge is 2.23. The van der Waals surface area contributed by atoms with E-state index in [2.05, 4.69) is 5.32 Å². The van der Waals surface area contributed by atoms with E-state index in [-0.39, 0.29) is 22.4 Å². The SMILES string of the molecule is O=C(O)c1ccc(Cl)cc1NC(=O)C1CCCCS1. The third-order valence-corrected chi connectivity index (χ3v) is 4.55. The number of aromatic carboxylic acids is 1. The molecule has 1 amide bonds. The minimum Gasteiger partial charge on any atom is -0.478 e. The predicted octanol–water partition coefficient (Wildman–Crippen LogP) is 3.26. The number of carboxylic acids is 1. The first-order valence-corrected chi connectivity index (χ1v) is 7.46. The zero-order valence-corrected chi connectivity index (χ0v) is 11.8. The van der Waals surface area contributed by atoms with Crippen molar-refractivity contribution in [2.45, 2.75) is 24.5 Å². The Balaban J connectivity index is 2.15. The molecule has 1 saturated heterocycles. The van der Waals surface area contributed by atoms with Gasteiger partial charge in [-0.25, -0.2) is 4.79 Å². The Hall–Kier alpha value is -1.20. The molecule has 102 valence electrons. The molecule has 1 aromatic carbocycles. The summed E-state index contributed by atoms with van der Waals surface area (Å²) in [7, 11) is 0. The molecule has 1 aliphatic rings. The van der Waals surface area contributed by atoms with Gasteiger partial charge in [0.25, 0.3) is 0 Å². The van der Waals surface area contributed by atoms with Crippen molar-refractivity contribution in [1.82, 2.24) is 0 Å². The molecular weight excluding hydrogens is 286 g/mol. The van der Waals surface area contributed by atoms with Crippen LogP contribution in [-0.4, -0.2) is 28.0 Å². The quantitative estimate of drug-likeness (QED) is 0.899. The van der Waals surface area contributed by atoms with Gasteiger partial charge in [-0.05, 0) is 36.8 Å². The largest absolute Gasteiger partial charge is 0.478 e. The minimum absolute atomic E-state index is 0.0542. The van der Waals surface area contributed by atoms with Gasteiger partial charge >= 0.3 is 5.97 Å². The summed E-state index contributed by atoms with van der Waals surface area (Å²) in [6, 6.07) is 4.36. The molecule has 1 aliphatic heterocycles. The van der Waals surface area contributed by atoms with Crippen LogP contribution in [0.4, 0.5) is 5.69 Å². The number of carbonyl (C=O) groups excluding carboxylic acids is 1. The fraction of sp³-hybridized carbons (Fsp3) is 0.385. The highest BCUT2D eigenvalue weighted by atomic mass is 35.5. The maximum atomic E-state index is 12.1. The van der Waals surface area contributed by atoms with Crippen LogP contribution in [0.2, 0.25) is 5.02 Å². The molecule has 0 spiro atoms. The summed E-state index contributed by atoms with van der Waals surface area (Å²) in [5.74, 6) is -0.253. The molecule has 1 aromatic rings. The molecule has 19 heavy (non-hydrogen) atoms. The van der Waals surface area contributed by atoms with Crippen LogP contribution >= 0.6 is 23.4 Å². The van der Waals surface area contributed by atoms with E-state index in [1.807, 2.05) is 0 Å². The van der Waals surface area contributed by atoms with Crippen LogP contribution in [0.5, 0.6) is 0 Å². The molecule has 0 aromatic heterocycles. The van der Waals surface area contributed by atoms with Crippen LogP contribution in [0, 0.1) is 0 Å². The Labute approximate surface area is 120 Å². The molecule has 2 N–H and O–H groups in total. The first-order chi connectivity index (χ1) is 9.08. The zero-order chi connectivity index (χ0) is 13.8. The molecule has 1 atom stereocenters. The van der Waals surface area contributed by atoms with E-state index in [9.17, 15) is 9.59 Å². The fourth-order valence-electron chi connectivity index (χ4n) is 1.97. The molecule has 0 radical (unpaired) electrons. The van der Waals surface area contributed by atoms with Crippen LogP contribution in [0.3, 0.4) is 0 Å². The summed E-state index contributed by atoms with van der Waals surface area (Å²) in [5.41, 5.74) is 0.315. The second-order valence-electron chi connectivity index (χ2n) is 4.34. The number of anilines is 1. The van der Waals surface area contributed by atoms with Gasteiger partial charge in [0, 0.05) is 5.02 Å². The van der Waals surface area contributed by atoms with Crippen LogP contribution < -0.4 is 5.32 Å². The maximum Gasteiger partial charge on any atom is 0.337 e. The van der Waals surface area contributed by atoms with E-state index in [1.165, 1.54) is 18.2 Å². The molecule has 0 aliphatic carbocycles. The normalized spacial score (nSPS) is 18.9. The second-order valence-corrected chi connectivity index (χ2v) is 6.09. The molecule has 4 nitrogen and oxygen atoms in total. The van der Waals surface area contributed by atoms with Crippen LogP contribution in [0.25, 0.3) is 0 Å². The second kappa shape index (κ2) is 6.30. The molecule has 1 heterocycles. The standard InChI is InChI=1S/C13H14ClNO3S/c14-8-4-5-9(13(17)18)10(7-8)15-12(16)11-3-1-2-6-19-11/h4-5,7,11H,1-3,6H2,(H,15,16)(H,17,18). The first kappa shape index (κ1) is 14.2. The third kappa shape index (κ3) is 3.64. The summed E-state index contributed by atoms with van der Waals surface area (Å²) in [6.45, 7) is 0. The maximum absolute atomic E-state index is 12.1. The van der Waals surface area contributed by atoms with E-state index in [1.54, 1.807) is 11.8 Å². The Morgan fingerprint density at radius 2 is 2.16 bits per heavy atom. The van der Waals surface area contributed by atoms with Crippen molar-refractivity contribution in [2.24, 2.45) is 0 Å². The number of halogens is 1. The number of thioether (sulfide) groups is 1. The van der Waals surface area contributed by atoms with Crippen molar-refractivity contribution in [2.75, 3.05) is 11.1 Å². The Morgan fingerprint density at radius 3 is 2.79 bits per heavy atom. The average Bonchev–Trinajstić information content (AvgIpc) is 2.39. The summed E-state index contributed by atoms with van der Waals surface area (Å²) in [5, 5.41) is 12.1. The van der Waals surface area contributed by atoms with Gasteiger partial charge in [0.15, 0.2) is 0 Å². The van der Waals surface area contributed by atoms with Gasteiger partial charge in [-0.1, -0.05) is 18.0 Å². The summed E-state index contributed by atoms with van der Waals surface area (Å²) >= 11 is 7.46. The van der Waals surface area contributed by atoms with Gasteiger partial charge < -0.3 is 10.4 Å². The van der Waals surface area contributed by atoms with Gasteiger partial charge in [-0.3, -0.25) is 4.79 Å². The van der Waals surface area contributed by atoms with E-state index < -0.39 is 5.97 Å². The van der Waals surface area contributed by atoms with Gasteiger partial charge in [-0.2, -0.15) is 0 Å². The Morgan fingerprint density at radius 1 is 1.37 bits per heavy atom. The topological polar surface area (TPSA) is 66.4 Å². The summed E-state index contributed by atoms with van der Waals surface area (Å²) in [4.78, 5) is 23.2. The van der Waals surface area contributed by atoms with Crippen LogP contribution in [0.1, 0.15) is 29.6 Å². The monoisotopic (exact) mass is 299 g/mol. The Kier molecular flexibility index (Phi) is 4.71. The van der Waals surface area contributed by atoms with Gasteiger partial charge in [0.1, 0.15) is 0 Å². The number of carboxylic acid groups (broad SMARTS) is 1. The number of hydrogen-bond donors (Lipinski definition) is 2. The van der Waals surface area contributed by atoms with Crippen molar-refractivity contribution >= 4 is 40.9 Å². The summed E-state index contributed by atoms with van der Waals surface area (Å²) < 4.78 is 0. The number of carbonyl (C=O) groups is 2. The number of rotatable bonds is 3. The van der Waals surface area contributed by atoms with Gasteiger partial charge in [0.05, 0.1) is 16.5 Å². The smallest absolute Gasteiger partial charge is 0.337 e. The average molecular weight is 300 g/mol. The lowest BCUT2D eigenvalue weighted by Crippen LogP contribution is -2.28. The van der Waals surface area contributed by atoms with Crippen LogP contribution in [0.15, 0.2) is 18.2 Å². The van der Waals surface area contributed by atoms with E-state index in [4.69, 9.17) is 16.7 Å². The molecule has 2 rings (SSSR count). The highest BCUT2D eigenvalue weighted by Crippen LogP contribution is 2.27. The van der Waals surface area contributed by atoms with E-state index in [0.717, 1.165) is 25.0 Å². The first-order valence-electron chi connectivity index (χ1n) is 6.03. The van der Waals surface area contributed by atoms with E-state index >= 15 is 0 Å². The number of hydrogen-bond acceptors (Lipinski definition) is 3. The Bertz CT molecular complexity index is 501. The number of benzene rings is 1. The van der Waals surface area contributed by atoms with Crippen molar-refractivity contribution in [1.29, 1.82) is 0 Å². The summed E-state index contributed by atoms with van der Waals surface area (Å²) in [6.07, 6.45) is 3.00.